The average Bonchev–Trinajstić information content (AvgIpc) is 2.91. The highest BCUT2D eigenvalue weighted by atomic mass is 16.3. The molecule has 3 heteroatoms. The van der Waals surface area contributed by atoms with Crippen LogP contribution in [0.3, 0.4) is 0 Å². The molecule has 0 radical (unpaired) electrons. The van der Waals surface area contributed by atoms with Gasteiger partial charge in [0.1, 0.15) is 0 Å². The summed E-state index contributed by atoms with van der Waals surface area (Å²) in [6.45, 7) is 12.3. The first-order valence-corrected chi connectivity index (χ1v) is 9.98. The van der Waals surface area contributed by atoms with Crippen molar-refractivity contribution < 1.29 is 10.2 Å². The Hall–Kier alpha value is -1.11. The Balaban J connectivity index is 1.75. The van der Waals surface area contributed by atoms with Crippen LogP contribution in [0, 0.1) is 41.1 Å². The topological polar surface area (TPSA) is 44.8 Å². The zero-order chi connectivity index (χ0) is 17.8. The molecule has 0 bridgehead atoms. The van der Waals surface area contributed by atoms with Crippen molar-refractivity contribution in [2.45, 2.75) is 64.9 Å². The molecule has 0 aliphatic heterocycles. The second-order valence-corrected chi connectivity index (χ2v) is 9.46. The van der Waals surface area contributed by atoms with Gasteiger partial charge in [-0.15, -0.1) is 0 Å². The van der Waals surface area contributed by atoms with E-state index in [-0.39, 0.29) is 23.5 Å². The maximum atomic E-state index is 10.3. The van der Waals surface area contributed by atoms with Crippen molar-refractivity contribution in [3.05, 3.63) is 34.8 Å². The molecule has 3 nitrogen and oxygen atoms in total. The molecule has 4 aliphatic carbocycles. The van der Waals surface area contributed by atoms with Crippen LogP contribution in [0.25, 0.3) is 4.85 Å². The van der Waals surface area contributed by atoms with Gasteiger partial charge < -0.3 is 10.2 Å². The van der Waals surface area contributed by atoms with Crippen molar-refractivity contribution in [3.63, 3.8) is 0 Å². The zero-order valence-corrected chi connectivity index (χ0v) is 15.5. The summed E-state index contributed by atoms with van der Waals surface area (Å²) in [5.74, 6) is 2.07. The largest absolute Gasteiger partial charge is 0.396 e. The fourth-order valence-electron chi connectivity index (χ4n) is 7.36. The first-order valence-electron chi connectivity index (χ1n) is 9.98. The Kier molecular flexibility index (Phi) is 4.13. The number of allylic oxidation sites excluding steroid dienone is 2. The second kappa shape index (κ2) is 5.96. The van der Waals surface area contributed by atoms with Gasteiger partial charge in [0.25, 0.3) is 0 Å². The number of aliphatic hydroxyl groups is 2. The third-order valence-electron chi connectivity index (χ3n) is 8.46. The van der Waals surface area contributed by atoms with Crippen LogP contribution in [0.4, 0.5) is 0 Å². The number of hydrogen-bond acceptors (Lipinski definition) is 2. The van der Waals surface area contributed by atoms with Crippen LogP contribution < -0.4 is 0 Å². The quantitative estimate of drug-likeness (QED) is 0.551. The minimum Gasteiger partial charge on any atom is -0.396 e. The lowest BCUT2D eigenvalue weighted by molar-refractivity contribution is -0.0808. The lowest BCUT2D eigenvalue weighted by atomic mass is 9.45. The van der Waals surface area contributed by atoms with Gasteiger partial charge in [0.2, 0.25) is 0 Å². The Labute approximate surface area is 151 Å². The predicted molar refractivity (Wildman–Crippen MR) is 98.4 cm³/mol. The highest BCUT2D eigenvalue weighted by Gasteiger charge is 2.60. The van der Waals surface area contributed by atoms with E-state index in [4.69, 9.17) is 6.57 Å². The molecule has 0 heterocycles. The van der Waals surface area contributed by atoms with Gasteiger partial charge >= 0.3 is 0 Å². The van der Waals surface area contributed by atoms with Crippen LogP contribution in [0.15, 0.2) is 23.4 Å². The molecular weight excluding hydrogens is 310 g/mol. The van der Waals surface area contributed by atoms with Crippen LogP contribution in [0.5, 0.6) is 0 Å². The molecule has 3 saturated carbocycles. The molecule has 0 aromatic heterocycles. The van der Waals surface area contributed by atoms with Crippen molar-refractivity contribution >= 4 is 0 Å². The van der Waals surface area contributed by atoms with Crippen LogP contribution in [-0.4, -0.2) is 22.9 Å². The molecule has 0 spiro atoms. The monoisotopic (exact) mass is 341 g/mol. The summed E-state index contributed by atoms with van der Waals surface area (Å²) in [6.07, 6.45) is 11.1. The fraction of sp³-hybridized carbons (Fsp3) is 0.773. The van der Waals surface area contributed by atoms with E-state index in [1.807, 2.05) is 0 Å². The van der Waals surface area contributed by atoms with Gasteiger partial charge in [-0.2, -0.15) is 0 Å². The Morgan fingerprint density at radius 2 is 2.12 bits per heavy atom. The van der Waals surface area contributed by atoms with E-state index in [1.165, 1.54) is 17.6 Å². The van der Waals surface area contributed by atoms with Crippen LogP contribution >= 0.6 is 0 Å². The van der Waals surface area contributed by atoms with Crippen molar-refractivity contribution in [1.82, 2.24) is 0 Å². The third-order valence-corrected chi connectivity index (χ3v) is 8.46. The summed E-state index contributed by atoms with van der Waals surface area (Å²) in [5.41, 5.74) is 3.01. The molecule has 0 amide bonds. The van der Waals surface area contributed by atoms with Crippen LogP contribution in [0.2, 0.25) is 0 Å². The van der Waals surface area contributed by atoms with Gasteiger partial charge in [0.05, 0.1) is 12.7 Å². The SMILES string of the molecule is [C-]#[N+]/C=C1/CC[C@H]2[C@@H]3CC=C4C[C@H](O)CC[C@]4(C)[C@H]3[C@@H](CO)C[C@]12C. The summed E-state index contributed by atoms with van der Waals surface area (Å²) in [7, 11) is 0. The minimum atomic E-state index is -0.183. The van der Waals surface area contributed by atoms with Gasteiger partial charge in [0, 0.05) is 6.61 Å². The molecule has 0 saturated heterocycles. The summed E-state index contributed by atoms with van der Waals surface area (Å²) < 4.78 is 0. The summed E-state index contributed by atoms with van der Waals surface area (Å²) in [5, 5.41) is 20.4. The number of aliphatic hydroxyl groups excluding tert-OH is 2. The van der Waals surface area contributed by atoms with Crippen LogP contribution in [0.1, 0.15) is 58.8 Å². The standard InChI is InChI=1S/C22H31NO2/c1-21-9-8-17(25)10-15(21)4-6-18-19-7-5-16(12-23-3)22(19,2)11-14(13-24)20(18)21/h4,12,14,17-20,24-25H,5-11,13H2,1-2H3/b16-12-/t14-,17-,18+,19+,20+,21+,22-/m1/s1. The fourth-order valence-corrected chi connectivity index (χ4v) is 7.36. The molecule has 0 aromatic carbocycles. The van der Waals surface area contributed by atoms with E-state index < -0.39 is 0 Å². The van der Waals surface area contributed by atoms with E-state index in [2.05, 4.69) is 24.8 Å². The van der Waals surface area contributed by atoms with E-state index in [1.54, 1.807) is 6.20 Å². The van der Waals surface area contributed by atoms with Gasteiger partial charge in [-0.3, -0.25) is 0 Å². The maximum absolute atomic E-state index is 10.3. The smallest absolute Gasteiger partial charge is 0.154 e. The average molecular weight is 341 g/mol. The van der Waals surface area contributed by atoms with E-state index >= 15 is 0 Å². The van der Waals surface area contributed by atoms with Crippen molar-refractivity contribution in [1.29, 1.82) is 0 Å². The summed E-state index contributed by atoms with van der Waals surface area (Å²) in [6, 6.07) is 0. The minimum absolute atomic E-state index is 0.0923. The highest BCUT2D eigenvalue weighted by molar-refractivity contribution is 5.31. The van der Waals surface area contributed by atoms with E-state index in [9.17, 15) is 10.2 Å². The van der Waals surface area contributed by atoms with Crippen molar-refractivity contribution in [2.75, 3.05) is 6.61 Å². The molecule has 25 heavy (non-hydrogen) atoms. The summed E-state index contributed by atoms with van der Waals surface area (Å²) in [4.78, 5) is 3.58. The Bertz CT molecular complexity index is 659. The second-order valence-electron chi connectivity index (χ2n) is 9.46. The molecular formula is C22H31NO2. The number of nitrogens with zero attached hydrogens (tertiary/aromatic N) is 1. The number of hydrogen-bond donors (Lipinski definition) is 2. The van der Waals surface area contributed by atoms with Gasteiger partial charge in [0.15, 0.2) is 6.20 Å². The Morgan fingerprint density at radius 3 is 2.84 bits per heavy atom. The Morgan fingerprint density at radius 1 is 1.32 bits per heavy atom. The maximum Gasteiger partial charge on any atom is 0.154 e. The molecule has 4 aliphatic rings. The van der Waals surface area contributed by atoms with E-state index in [0.717, 1.165) is 38.5 Å². The first-order chi connectivity index (χ1) is 11.9. The zero-order valence-electron chi connectivity index (χ0n) is 15.5. The number of rotatable bonds is 1. The molecule has 136 valence electrons. The summed E-state index contributed by atoms with van der Waals surface area (Å²) >= 11 is 0. The molecule has 4 rings (SSSR count). The third kappa shape index (κ3) is 2.37. The molecule has 0 aromatic rings. The lowest BCUT2D eigenvalue weighted by Gasteiger charge is -2.60. The highest BCUT2D eigenvalue weighted by Crippen LogP contribution is 2.67. The van der Waals surface area contributed by atoms with E-state index in [0.29, 0.717) is 23.7 Å². The molecule has 3 fully saturated rings. The van der Waals surface area contributed by atoms with Gasteiger partial charge in [-0.1, -0.05) is 31.1 Å². The molecule has 0 unspecified atom stereocenters. The number of fused-ring (bicyclic) bond motifs is 5. The van der Waals surface area contributed by atoms with Crippen molar-refractivity contribution in [2.24, 2.45) is 34.5 Å². The van der Waals surface area contributed by atoms with Crippen LogP contribution in [-0.2, 0) is 0 Å². The molecule has 7 atom stereocenters. The first kappa shape index (κ1) is 17.3. The van der Waals surface area contributed by atoms with Crippen molar-refractivity contribution in [3.8, 4) is 0 Å². The van der Waals surface area contributed by atoms with Gasteiger partial charge in [-0.05, 0) is 79.4 Å². The molecule has 2 N–H and O–H groups in total. The predicted octanol–water partition coefficient (Wildman–Crippen LogP) is 4.33. The normalized spacial score (nSPS) is 50.4. The van der Waals surface area contributed by atoms with Gasteiger partial charge in [-0.25, -0.2) is 4.85 Å². The lowest BCUT2D eigenvalue weighted by Crippen LogP contribution is -2.54.